The second kappa shape index (κ2) is 10.9. The average Bonchev–Trinajstić information content (AvgIpc) is 2.36. The van der Waals surface area contributed by atoms with Crippen LogP contribution in [-0.2, 0) is 9.47 Å². The van der Waals surface area contributed by atoms with E-state index in [4.69, 9.17) is 14.6 Å². The molecule has 0 radical (unpaired) electrons. The molecule has 3 N–H and O–H groups in total. The van der Waals surface area contributed by atoms with Gasteiger partial charge in [-0.25, -0.2) is 0 Å². The standard InChI is InChI=1S/C12H26O5/c1-3-11(14)8-16-6-10(5-13)7-17-9-12(15)4-2/h10-15H,3-9H2,1-2H3. The molecule has 2 atom stereocenters. The zero-order valence-electron chi connectivity index (χ0n) is 10.8. The lowest BCUT2D eigenvalue weighted by Gasteiger charge is -2.17. The van der Waals surface area contributed by atoms with Crippen molar-refractivity contribution in [2.24, 2.45) is 5.92 Å². The minimum absolute atomic E-state index is 0.0234. The van der Waals surface area contributed by atoms with Crippen LogP contribution in [0.1, 0.15) is 26.7 Å². The van der Waals surface area contributed by atoms with Crippen LogP contribution in [0.25, 0.3) is 0 Å². The van der Waals surface area contributed by atoms with Gasteiger partial charge in [-0.2, -0.15) is 0 Å². The molecule has 0 aromatic rings. The lowest BCUT2D eigenvalue weighted by atomic mass is 10.2. The first-order valence-corrected chi connectivity index (χ1v) is 6.26. The van der Waals surface area contributed by atoms with Gasteiger partial charge in [-0.05, 0) is 12.8 Å². The molecule has 5 heteroatoms. The Bertz CT molecular complexity index is 149. The van der Waals surface area contributed by atoms with Crippen molar-refractivity contribution in [1.29, 1.82) is 0 Å². The Morgan fingerprint density at radius 1 is 0.824 bits per heavy atom. The van der Waals surface area contributed by atoms with Crippen molar-refractivity contribution in [2.45, 2.75) is 38.9 Å². The van der Waals surface area contributed by atoms with Crippen LogP contribution < -0.4 is 0 Å². The third-order valence-corrected chi connectivity index (χ3v) is 2.53. The van der Waals surface area contributed by atoms with E-state index >= 15 is 0 Å². The number of hydrogen-bond acceptors (Lipinski definition) is 5. The lowest BCUT2D eigenvalue weighted by Crippen LogP contribution is -2.25. The second-order valence-electron chi connectivity index (χ2n) is 4.25. The highest BCUT2D eigenvalue weighted by molar-refractivity contribution is 4.58. The highest BCUT2D eigenvalue weighted by atomic mass is 16.5. The highest BCUT2D eigenvalue weighted by Crippen LogP contribution is 2.01. The molecule has 104 valence electrons. The number of aliphatic hydroxyl groups is 3. The van der Waals surface area contributed by atoms with Crippen LogP contribution in [0.4, 0.5) is 0 Å². The van der Waals surface area contributed by atoms with E-state index in [0.29, 0.717) is 26.1 Å². The van der Waals surface area contributed by atoms with Crippen LogP contribution in [0.5, 0.6) is 0 Å². The van der Waals surface area contributed by atoms with Crippen LogP contribution in [-0.4, -0.2) is 60.6 Å². The smallest absolute Gasteiger partial charge is 0.0771 e. The van der Waals surface area contributed by atoms with Gasteiger partial charge in [0, 0.05) is 5.92 Å². The van der Waals surface area contributed by atoms with Gasteiger partial charge in [-0.15, -0.1) is 0 Å². The van der Waals surface area contributed by atoms with Gasteiger partial charge in [0.2, 0.25) is 0 Å². The van der Waals surface area contributed by atoms with Crippen molar-refractivity contribution in [3.05, 3.63) is 0 Å². The van der Waals surface area contributed by atoms with Crippen molar-refractivity contribution in [3.8, 4) is 0 Å². The maximum atomic E-state index is 9.27. The van der Waals surface area contributed by atoms with Crippen LogP contribution >= 0.6 is 0 Å². The van der Waals surface area contributed by atoms with Crippen molar-refractivity contribution in [3.63, 3.8) is 0 Å². The van der Waals surface area contributed by atoms with Gasteiger partial charge < -0.3 is 24.8 Å². The van der Waals surface area contributed by atoms with E-state index in [0.717, 1.165) is 0 Å². The first-order chi connectivity index (χ1) is 8.13. The van der Waals surface area contributed by atoms with E-state index in [-0.39, 0.29) is 25.7 Å². The Kier molecular flexibility index (Phi) is 10.8. The van der Waals surface area contributed by atoms with E-state index in [1.165, 1.54) is 0 Å². The first kappa shape index (κ1) is 16.8. The summed E-state index contributed by atoms with van der Waals surface area (Å²) in [5.74, 6) is -0.108. The van der Waals surface area contributed by atoms with E-state index in [9.17, 15) is 10.2 Å². The summed E-state index contributed by atoms with van der Waals surface area (Å²) in [5.41, 5.74) is 0. The summed E-state index contributed by atoms with van der Waals surface area (Å²) in [6, 6.07) is 0. The summed E-state index contributed by atoms with van der Waals surface area (Å²) >= 11 is 0. The number of ether oxygens (including phenoxy) is 2. The zero-order valence-corrected chi connectivity index (χ0v) is 10.8. The van der Waals surface area contributed by atoms with Crippen molar-refractivity contribution < 1.29 is 24.8 Å². The molecule has 0 saturated heterocycles. The molecule has 0 aliphatic carbocycles. The molecule has 2 unspecified atom stereocenters. The maximum Gasteiger partial charge on any atom is 0.0771 e. The number of rotatable bonds is 11. The normalized spacial score (nSPS) is 16.8. The minimum Gasteiger partial charge on any atom is -0.396 e. The van der Waals surface area contributed by atoms with Gasteiger partial charge in [0.15, 0.2) is 0 Å². The predicted molar refractivity (Wildman–Crippen MR) is 64.8 cm³/mol. The summed E-state index contributed by atoms with van der Waals surface area (Å²) in [6.45, 7) is 5.02. The largest absolute Gasteiger partial charge is 0.396 e. The molecule has 0 aliphatic rings. The fourth-order valence-corrected chi connectivity index (χ4v) is 1.13. The summed E-state index contributed by atoms with van der Waals surface area (Å²) in [7, 11) is 0. The topological polar surface area (TPSA) is 79.2 Å². The first-order valence-electron chi connectivity index (χ1n) is 6.26. The SMILES string of the molecule is CCC(O)COCC(CO)COCC(O)CC. The molecule has 0 spiro atoms. The molecule has 17 heavy (non-hydrogen) atoms. The van der Waals surface area contributed by atoms with E-state index in [2.05, 4.69) is 0 Å². The van der Waals surface area contributed by atoms with E-state index in [1.54, 1.807) is 0 Å². The van der Waals surface area contributed by atoms with Crippen LogP contribution in [0.15, 0.2) is 0 Å². The Morgan fingerprint density at radius 2 is 1.24 bits per heavy atom. The maximum absolute atomic E-state index is 9.27. The molecule has 0 fully saturated rings. The Labute approximate surface area is 103 Å². The Balaban J connectivity index is 3.55. The molecule has 0 aliphatic heterocycles. The lowest BCUT2D eigenvalue weighted by molar-refractivity contribution is -0.0302. The fourth-order valence-electron chi connectivity index (χ4n) is 1.13. The molecule has 0 amide bonds. The third kappa shape index (κ3) is 9.50. The van der Waals surface area contributed by atoms with Crippen molar-refractivity contribution >= 4 is 0 Å². The Morgan fingerprint density at radius 3 is 1.53 bits per heavy atom. The van der Waals surface area contributed by atoms with Gasteiger partial charge >= 0.3 is 0 Å². The molecule has 5 nitrogen and oxygen atoms in total. The molecular weight excluding hydrogens is 224 g/mol. The van der Waals surface area contributed by atoms with Gasteiger partial charge in [0.25, 0.3) is 0 Å². The van der Waals surface area contributed by atoms with Gasteiger partial charge in [0.1, 0.15) is 0 Å². The van der Waals surface area contributed by atoms with Crippen LogP contribution in [0, 0.1) is 5.92 Å². The second-order valence-corrected chi connectivity index (χ2v) is 4.25. The summed E-state index contributed by atoms with van der Waals surface area (Å²) < 4.78 is 10.5. The van der Waals surface area contributed by atoms with Crippen LogP contribution in [0.2, 0.25) is 0 Å². The van der Waals surface area contributed by atoms with Crippen molar-refractivity contribution in [2.75, 3.05) is 33.0 Å². The van der Waals surface area contributed by atoms with E-state index in [1.807, 2.05) is 13.8 Å². The van der Waals surface area contributed by atoms with Gasteiger partial charge in [-0.3, -0.25) is 0 Å². The summed E-state index contributed by atoms with van der Waals surface area (Å²) in [4.78, 5) is 0. The zero-order chi connectivity index (χ0) is 13.1. The predicted octanol–water partition coefficient (Wildman–Crippen LogP) is 0.170. The number of hydrogen-bond donors (Lipinski definition) is 3. The number of aliphatic hydroxyl groups excluding tert-OH is 3. The average molecular weight is 250 g/mol. The van der Waals surface area contributed by atoms with E-state index < -0.39 is 12.2 Å². The summed E-state index contributed by atoms with van der Waals surface area (Å²) in [5, 5.41) is 27.6. The third-order valence-electron chi connectivity index (χ3n) is 2.53. The summed E-state index contributed by atoms with van der Waals surface area (Å²) in [6.07, 6.45) is 0.417. The minimum atomic E-state index is -0.447. The molecule has 0 bridgehead atoms. The molecule has 0 heterocycles. The van der Waals surface area contributed by atoms with Gasteiger partial charge in [0.05, 0.1) is 45.2 Å². The highest BCUT2D eigenvalue weighted by Gasteiger charge is 2.10. The van der Waals surface area contributed by atoms with Gasteiger partial charge in [-0.1, -0.05) is 13.8 Å². The quantitative estimate of drug-likeness (QED) is 0.487. The monoisotopic (exact) mass is 250 g/mol. The molecule has 0 saturated carbocycles. The molecule has 0 rings (SSSR count). The van der Waals surface area contributed by atoms with Crippen molar-refractivity contribution in [1.82, 2.24) is 0 Å². The van der Waals surface area contributed by atoms with Crippen LogP contribution in [0.3, 0.4) is 0 Å². The molecular formula is C12H26O5. The fraction of sp³-hybridized carbons (Fsp3) is 1.00. The molecule has 0 aromatic heterocycles. The Hall–Kier alpha value is -0.200. The molecule has 0 aromatic carbocycles.